The zero-order chi connectivity index (χ0) is 38.4. The number of aliphatic hydroxyl groups is 2. The Morgan fingerprint density at radius 3 is 1.38 bits per heavy atom. The third kappa shape index (κ3) is 13.1. The van der Waals surface area contributed by atoms with Crippen LogP contribution in [-0.2, 0) is 16.9 Å². The summed E-state index contributed by atoms with van der Waals surface area (Å²) in [7, 11) is 0. The summed E-state index contributed by atoms with van der Waals surface area (Å²) in [6.07, 6.45) is 11.6. The average Bonchev–Trinajstić information content (AvgIpc) is 3.19. The van der Waals surface area contributed by atoms with E-state index in [0.29, 0.717) is 11.5 Å². The molecule has 0 saturated carbocycles. The fraction of sp³-hybridized carbons (Fsp3) is 0.415. The molecule has 2 atom stereocenters. The fourth-order valence-electron chi connectivity index (χ4n) is 5.62. The lowest BCUT2D eigenvalue weighted by Crippen LogP contribution is -2.22. The molecule has 4 rings (SSSR count). The molecule has 0 spiro atoms. The molecular formula is C41H52O4S8. The van der Waals surface area contributed by atoms with Crippen molar-refractivity contribution in [2.24, 2.45) is 0 Å². The monoisotopic (exact) mass is 864 g/mol. The maximum Gasteiger partial charge on any atom is 0.119 e. The molecule has 0 saturated heterocycles. The van der Waals surface area contributed by atoms with Crippen molar-refractivity contribution in [3.8, 4) is 11.5 Å². The molecule has 0 amide bonds. The van der Waals surface area contributed by atoms with Crippen molar-refractivity contribution in [1.82, 2.24) is 0 Å². The van der Waals surface area contributed by atoms with E-state index in [-0.39, 0.29) is 18.6 Å². The van der Waals surface area contributed by atoms with Gasteiger partial charge in [-0.1, -0.05) is 38.1 Å². The van der Waals surface area contributed by atoms with E-state index in [1.165, 1.54) is 40.5 Å². The summed E-state index contributed by atoms with van der Waals surface area (Å²) >= 11 is 14.2. The third-order valence-corrected chi connectivity index (χ3v) is 15.6. The minimum Gasteiger partial charge on any atom is -0.491 e. The second kappa shape index (κ2) is 22.8. The third-order valence-electron chi connectivity index (χ3n) is 8.76. The van der Waals surface area contributed by atoms with Crippen LogP contribution in [0.3, 0.4) is 0 Å². The molecule has 4 aromatic carbocycles. The molecule has 0 fully saturated rings. The number of thioether (sulfide) groups is 8. The van der Waals surface area contributed by atoms with Gasteiger partial charge in [-0.15, -0.1) is 70.6 Å². The summed E-state index contributed by atoms with van der Waals surface area (Å²) in [5, 5.41) is 21.5. The van der Waals surface area contributed by atoms with Crippen molar-refractivity contribution in [3.63, 3.8) is 0 Å². The van der Waals surface area contributed by atoms with E-state index in [1.807, 2.05) is 24.3 Å². The Labute approximate surface area is 352 Å². The molecule has 0 aliphatic rings. The maximum absolute atomic E-state index is 10.8. The molecule has 288 valence electrons. The quantitative estimate of drug-likeness (QED) is 0.0740. The zero-order valence-corrected chi connectivity index (χ0v) is 38.3. The Morgan fingerprint density at radius 2 is 0.962 bits per heavy atom. The van der Waals surface area contributed by atoms with Crippen molar-refractivity contribution in [2.75, 3.05) is 62.3 Å². The molecule has 0 radical (unpaired) electrons. The Kier molecular flexibility index (Phi) is 19.3. The predicted octanol–water partition coefficient (Wildman–Crippen LogP) is 11.7. The Hall–Kier alpha value is -0.800. The van der Waals surface area contributed by atoms with Crippen LogP contribution < -0.4 is 9.47 Å². The molecular weight excluding hydrogens is 813 g/mol. The first-order chi connectivity index (χ1) is 25.6. The summed E-state index contributed by atoms with van der Waals surface area (Å²) < 4.78 is 12.1. The van der Waals surface area contributed by atoms with Crippen LogP contribution in [0.15, 0.2) is 102 Å². The first-order valence-corrected chi connectivity index (χ1v) is 26.8. The Bertz CT molecular complexity index is 1680. The van der Waals surface area contributed by atoms with E-state index in [9.17, 15) is 10.2 Å². The highest BCUT2D eigenvalue weighted by atomic mass is 32.2. The number of hydrogen-bond donors (Lipinski definition) is 2. The summed E-state index contributed by atoms with van der Waals surface area (Å²) in [5.41, 5.74) is 4.69. The van der Waals surface area contributed by atoms with E-state index in [4.69, 9.17) is 9.47 Å². The van der Waals surface area contributed by atoms with Gasteiger partial charge in [0, 0.05) is 57.8 Å². The summed E-state index contributed by atoms with van der Waals surface area (Å²) in [5.74, 6) is 4.42. The van der Waals surface area contributed by atoms with Crippen LogP contribution >= 0.6 is 94.1 Å². The van der Waals surface area contributed by atoms with Gasteiger partial charge in [0.15, 0.2) is 0 Å². The molecule has 4 aromatic rings. The van der Waals surface area contributed by atoms with Crippen LogP contribution in [0.4, 0.5) is 0 Å². The lowest BCUT2D eigenvalue weighted by molar-refractivity contribution is 0.126. The highest BCUT2D eigenvalue weighted by Gasteiger charge is 2.24. The maximum atomic E-state index is 10.8. The molecule has 0 aliphatic carbocycles. The molecule has 53 heavy (non-hydrogen) atoms. The lowest BCUT2D eigenvalue weighted by Gasteiger charge is -2.27. The summed E-state index contributed by atoms with van der Waals surface area (Å²) in [6, 6.07) is 25.4. The van der Waals surface area contributed by atoms with Gasteiger partial charge in [0.2, 0.25) is 0 Å². The molecule has 4 nitrogen and oxygen atoms in total. The van der Waals surface area contributed by atoms with Crippen LogP contribution in [0, 0.1) is 0 Å². The smallest absolute Gasteiger partial charge is 0.119 e. The highest BCUT2D eigenvalue weighted by Crippen LogP contribution is 2.38. The Morgan fingerprint density at radius 1 is 0.528 bits per heavy atom. The van der Waals surface area contributed by atoms with E-state index >= 15 is 0 Å². The molecule has 2 N–H and O–H groups in total. The van der Waals surface area contributed by atoms with E-state index < -0.39 is 12.2 Å². The largest absolute Gasteiger partial charge is 0.491 e. The molecule has 12 heteroatoms. The molecule has 0 aliphatic heterocycles. The van der Waals surface area contributed by atoms with Gasteiger partial charge in [-0.25, -0.2) is 0 Å². The van der Waals surface area contributed by atoms with Gasteiger partial charge >= 0.3 is 0 Å². The number of ether oxygens (including phenoxy) is 2. The minimum atomic E-state index is -0.569. The fourth-order valence-corrected chi connectivity index (χ4v) is 12.1. The van der Waals surface area contributed by atoms with Crippen molar-refractivity contribution in [2.45, 2.75) is 72.3 Å². The normalized spacial score (nSPS) is 12.9. The van der Waals surface area contributed by atoms with Gasteiger partial charge in [-0.05, 0) is 108 Å². The van der Waals surface area contributed by atoms with E-state index in [2.05, 4.69) is 99.9 Å². The van der Waals surface area contributed by atoms with E-state index in [1.54, 1.807) is 94.1 Å². The van der Waals surface area contributed by atoms with Crippen molar-refractivity contribution in [3.05, 3.63) is 95.1 Å². The molecule has 0 heterocycles. The van der Waals surface area contributed by atoms with Gasteiger partial charge in [-0.3, -0.25) is 0 Å². The van der Waals surface area contributed by atoms with Gasteiger partial charge in [0.1, 0.15) is 24.7 Å². The highest BCUT2D eigenvalue weighted by molar-refractivity contribution is 8.01. The predicted molar refractivity (Wildman–Crippen MR) is 244 cm³/mol. The number of hydrogen-bond acceptors (Lipinski definition) is 12. The SMILES string of the molecule is CSc1cc(SC)c(CSCC(O)COc2ccc(C(C)(C)c3cccc(OCC(O)CSCc4c(SC)cc(SC)cc4SC)c3)cc2)c(SC)c1. The van der Waals surface area contributed by atoms with Crippen LogP contribution in [-0.4, -0.2) is 84.7 Å². The van der Waals surface area contributed by atoms with Gasteiger partial charge in [0.05, 0.1) is 12.2 Å². The second-order valence-corrected chi connectivity index (χ2v) is 19.9. The van der Waals surface area contributed by atoms with Crippen molar-refractivity contribution < 1.29 is 19.7 Å². The van der Waals surface area contributed by atoms with Crippen molar-refractivity contribution >= 4 is 94.1 Å². The molecule has 0 bridgehead atoms. The van der Waals surface area contributed by atoms with Crippen LogP contribution in [0.25, 0.3) is 0 Å². The van der Waals surface area contributed by atoms with Crippen molar-refractivity contribution in [1.29, 1.82) is 0 Å². The van der Waals surface area contributed by atoms with Crippen LogP contribution in [0.2, 0.25) is 0 Å². The lowest BCUT2D eigenvalue weighted by atomic mass is 9.78. The zero-order valence-electron chi connectivity index (χ0n) is 31.8. The van der Waals surface area contributed by atoms with Crippen LogP contribution in [0.5, 0.6) is 11.5 Å². The first kappa shape index (κ1) is 44.9. The standard InChI is InChI=1S/C41H52O4S8/c1-41(2,27-12-14-31(15-13-27)44-21-29(42)23-52-25-35-37(48-5)17-33(46-3)18-38(35)49-6)28-10-9-11-32(16-28)45-22-30(43)24-53-26-36-39(50-7)19-34(47-4)20-40(36)51-8/h9-20,29-30,42-43H,21-26H2,1-8H3. The first-order valence-electron chi connectivity index (χ1n) is 17.1. The minimum absolute atomic E-state index is 0.243. The average molecular weight is 865 g/mol. The molecule has 2 unspecified atom stereocenters. The second-order valence-electron chi connectivity index (χ2n) is 12.7. The van der Waals surface area contributed by atoms with Gasteiger partial charge in [0.25, 0.3) is 0 Å². The molecule has 0 aromatic heterocycles. The van der Waals surface area contributed by atoms with E-state index in [0.717, 1.165) is 34.1 Å². The summed E-state index contributed by atoms with van der Waals surface area (Å²) in [4.78, 5) is 7.81. The number of rotatable bonds is 22. The van der Waals surface area contributed by atoms with Gasteiger partial charge in [-0.2, -0.15) is 23.5 Å². The Balaban J connectivity index is 1.25. The topological polar surface area (TPSA) is 58.9 Å². The number of benzene rings is 4. The van der Waals surface area contributed by atoms with Gasteiger partial charge < -0.3 is 19.7 Å². The van der Waals surface area contributed by atoms with Crippen LogP contribution in [0.1, 0.15) is 36.1 Å². The number of aliphatic hydroxyl groups excluding tert-OH is 2. The summed E-state index contributed by atoms with van der Waals surface area (Å²) in [6.45, 7) is 4.89.